The minimum atomic E-state index is -1.01. The number of halogens is 1. The van der Waals surface area contributed by atoms with E-state index in [9.17, 15) is 14.4 Å². The second-order valence-corrected chi connectivity index (χ2v) is 9.55. The number of esters is 1. The number of amides is 2. The molecule has 6 atom stereocenters. The van der Waals surface area contributed by atoms with Gasteiger partial charge in [-0.1, -0.05) is 29.3 Å². The van der Waals surface area contributed by atoms with E-state index in [1.54, 1.807) is 11.8 Å². The summed E-state index contributed by atoms with van der Waals surface area (Å²) in [6, 6.07) is -0.759. The molecule has 3 rings (SSSR count). The molecule has 3 aliphatic heterocycles. The zero-order chi connectivity index (χ0) is 21.9. The van der Waals surface area contributed by atoms with Crippen molar-refractivity contribution in [1.82, 2.24) is 10.2 Å². The molecule has 3 saturated heterocycles. The zero-order valence-electron chi connectivity index (χ0n) is 17.8. The number of ether oxygens (including phenoxy) is 2. The van der Waals surface area contributed by atoms with Crippen molar-refractivity contribution in [2.45, 2.75) is 74.9 Å². The lowest BCUT2D eigenvalue weighted by atomic mass is 9.70. The molecule has 2 amide bonds. The topological polar surface area (TPSA) is 105 Å². The van der Waals surface area contributed by atoms with Crippen LogP contribution in [0.25, 0.3) is 0 Å². The molecule has 2 N–H and O–H groups in total. The van der Waals surface area contributed by atoms with Crippen LogP contribution in [0.1, 0.15) is 52.4 Å². The molecule has 8 nitrogen and oxygen atoms in total. The van der Waals surface area contributed by atoms with Crippen molar-refractivity contribution in [3.63, 3.8) is 0 Å². The van der Waals surface area contributed by atoms with Gasteiger partial charge in [-0.3, -0.25) is 14.4 Å². The zero-order valence-corrected chi connectivity index (χ0v) is 19.4. The molecule has 1 spiro atoms. The van der Waals surface area contributed by atoms with Gasteiger partial charge in [0, 0.05) is 24.5 Å². The van der Waals surface area contributed by atoms with Crippen LogP contribution in [0.4, 0.5) is 0 Å². The fourth-order valence-corrected chi connectivity index (χ4v) is 6.18. The van der Waals surface area contributed by atoms with E-state index in [0.29, 0.717) is 32.4 Å². The molecule has 170 valence electrons. The predicted octanol–water partition coefficient (Wildman–Crippen LogP) is 1.38. The molecular weight excluding hydrogens is 456 g/mol. The average Bonchev–Trinajstić information content (AvgIpc) is 3.29. The monoisotopic (exact) mass is 488 g/mol. The number of nitrogens with zero attached hydrogens (tertiary/aromatic N) is 1. The SMILES string of the molecule is CCCCNC(=O)C1N(CCCCCO)C(=O)[C@@H]2[C@@H](C(=O)OCC)[C@@H]3OC12CC3Br. The van der Waals surface area contributed by atoms with Crippen LogP contribution in [0.2, 0.25) is 0 Å². The number of carbonyl (C=O) groups is 3. The minimum Gasteiger partial charge on any atom is -0.466 e. The van der Waals surface area contributed by atoms with Gasteiger partial charge in [0.2, 0.25) is 11.8 Å². The molecule has 30 heavy (non-hydrogen) atoms. The third kappa shape index (κ3) is 4.00. The van der Waals surface area contributed by atoms with Gasteiger partial charge in [-0.05, 0) is 39.0 Å². The van der Waals surface area contributed by atoms with Crippen molar-refractivity contribution in [3.8, 4) is 0 Å². The maximum absolute atomic E-state index is 13.5. The summed E-state index contributed by atoms with van der Waals surface area (Å²) in [4.78, 5) is 41.0. The van der Waals surface area contributed by atoms with E-state index in [4.69, 9.17) is 14.6 Å². The smallest absolute Gasteiger partial charge is 0.312 e. The normalized spacial score (nSPS) is 34.3. The maximum Gasteiger partial charge on any atom is 0.312 e. The summed E-state index contributed by atoms with van der Waals surface area (Å²) < 4.78 is 11.6. The first-order valence-corrected chi connectivity index (χ1v) is 12.0. The lowest BCUT2D eigenvalue weighted by Crippen LogP contribution is -2.56. The molecular formula is C21H33BrN2O6. The first-order valence-electron chi connectivity index (χ1n) is 11.1. The first kappa shape index (κ1) is 23.5. The molecule has 3 fully saturated rings. The Morgan fingerprint density at radius 3 is 2.73 bits per heavy atom. The van der Waals surface area contributed by atoms with Gasteiger partial charge in [-0.25, -0.2) is 0 Å². The Bertz CT molecular complexity index is 661. The van der Waals surface area contributed by atoms with E-state index < -0.39 is 35.6 Å². The number of hydrogen-bond acceptors (Lipinski definition) is 6. The van der Waals surface area contributed by atoms with Gasteiger partial charge in [0.15, 0.2) is 0 Å². The van der Waals surface area contributed by atoms with Crippen molar-refractivity contribution >= 4 is 33.7 Å². The highest BCUT2D eigenvalue weighted by molar-refractivity contribution is 9.09. The fourth-order valence-electron chi connectivity index (χ4n) is 5.23. The van der Waals surface area contributed by atoms with Crippen LogP contribution in [0.5, 0.6) is 0 Å². The molecule has 2 bridgehead atoms. The Morgan fingerprint density at radius 2 is 2.07 bits per heavy atom. The largest absolute Gasteiger partial charge is 0.466 e. The molecule has 0 aromatic heterocycles. The van der Waals surface area contributed by atoms with E-state index >= 15 is 0 Å². The first-order chi connectivity index (χ1) is 14.4. The summed E-state index contributed by atoms with van der Waals surface area (Å²) in [6.07, 6.45) is 3.93. The van der Waals surface area contributed by atoms with Crippen LogP contribution in [0.15, 0.2) is 0 Å². The number of likely N-dealkylation sites (tertiary alicyclic amines) is 1. The summed E-state index contributed by atoms with van der Waals surface area (Å²) in [5, 5.41) is 12.0. The Labute approximate surface area is 186 Å². The number of aliphatic hydroxyl groups is 1. The minimum absolute atomic E-state index is 0.0996. The van der Waals surface area contributed by atoms with Crippen LogP contribution in [-0.2, 0) is 23.9 Å². The summed E-state index contributed by atoms with van der Waals surface area (Å²) >= 11 is 3.62. The highest BCUT2D eigenvalue weighted by Crippen LogP contribution is 2.60. The highest BCUT2D eigenvalue weighted by Gasteiger charge is 2.76. The Hall–Kier alpha value is -1.19. The average molecular weight is 489 g/mol. The molecule has 3 heterocycles. The molecule has 0 aromatic rings. The third-order valence-corrected chi connectivity index (χ3v) is 7.33. The van der Waals surface area contributed by atoms with Crippen LogP contribution in [-0.4, -0.2) is 76.7 Å². The number of aliphatic hydroxyl groups excluding tert-OH is 1. The van der Waals surface area contributed by atoms with Crippen molar-refractivity contribution < 1.29 is 29.0 Å². The number of hydrogen-bond donors (Lipinski definition) is 2. The number of alkyl halides is 1. The van der Waals surface area contributed by atoms with Gasteiger partial charge in [0.05, 0.1) is 24.5 Å². The molecule has 3 unspecified atom stereocenters. The second kappa shape index (κ2) is 9.96. The van der Waals surface area contributed by atoms with Crippen LogP contribution >= 0.6 is 15.9 Å². The summed E-state index contributed by atoms with van der Waals surface area (Å²) in [5.74, 6) is -2.25. The quantitative estimate of drug-likeness (QED) is 0.258. The van der Waals surface area contributed by atoms with E-state index in [1.165, 1.54) is 0 Å². The van der Waals surface area contributed by atoms with E-state index in [-0.39, 0.29) is 29.9 Å². The molecule has 9 heteroatoms. The van der Waals surface area contributed by atoms with E-state index in [1.807, 2.05) is 0 Å². The van der Waals surface area contributed by atoms with Crippen LogP contribution in [0.3, 0.4) is 0 Å². The molecule has 0 radical (unpaired) electrons. The predicted molar refractivity (Wildman–Crippen MR) is 113 cm³/mol. The van der Waals surface area contributed by atoms with Crippen LogP contribution < -0.4 is 5.32 Å². The number of fused-ring (bicyclic) bond motifs is 1. The number of rotatable bonds is 11. The number of nitrogens with one attached hydrogen (secondary N) is 1. The van der Waals surface area contributed by atoms with Crippen molar-refractivity contribution in [1.29, 1.82) is 0 Å². The number of carbonyl (C=O) groups excluding carboxylic acids is 3. The maximum atomic E-state index is 13.5. The summed E-state index contributed by atoms with van der Waals surface area (Å²) in [7, 11) is 0. The lowest BCUT2D eigenvalue weighted by Gasteiger charge is -2.34. The van der Waals surface area contributed by atoms with Gasteiger partial charge in [0.25, 0.3) is 0 Å². The molecule has 0 aromatic carbocycles. The third-order valence-electron chi connectivity index (χ3n) is 6.48. The second-order valence-electron chi connectivity index (χ2n) is 8.38. The Balaban J connectivity index is 1.89. The Kier molecular flexibility index (Phi) is 7.79. The van der Waals surface area contributed by atoms with Crippen molar-refractivity contribution in [2.75, 3.05) is 26.3 Å². The van der Waals surface area contributed by atoms with Crippen LogP contribution in [0, 0.1) is 11.8 Å². The summed E-state index contributed by atoms with van der Waals surface area (Å²) in [6.45, 7) is 5.06. The highest BCUT2D eigenvalue weighted by atomic mass is 79.9. The van der Waals surface area contributed by atoms with Crippen molar-refractivity contribution in [2.24, 2.45) is 11.8 Å². The molecule has 0 saturated carbocycles. The van der Waals surface area contributed by atoms with E-state index in [2.05, 4.69) is 28.2 Å². The van der Waals surface area contributed by atoms with Crippen molar-refractivity contribution in [3.05, 3.63) is 0 Å². The van der Waals surface area contributed by atoms with Gasteiger partial charge in [0.1, 0.15) is 11.6 Å². The Morgan fingerprint density at radius 1 is 1.30 bits per heavy atom. The standard InChI is InChI=1S/C21H33BrN2O6/c1-3-5-9-23-18(26)17-21-12-13(22)16(30-21)14(20(28)29-4-2)15(21)19(27)24(17)10-7-6-8-11-25/h13-17,25H,3-12H2,1-2H3,(H,23,26)/t13?,14-,15+,16-,17?,21?/m1/s1. The molecule has 3 aliphatic rings. The van der Waals surface area contributed by atoms with Gasteiger partial charge >= 0.3 is 5.97 Å². The van der Waals surface area contributed by atoms with E-state index in [0.717, 1.165) is 19.3 Å². The van der Waals surface area contributed by atoms with Gasteiger partial charge < -0.3 is 24.8 Å². The van der Waals surface area contributed by atoms with Gasteiger partial charge in [-0.2, -0.15) is 0 Å². The summed E-state index contributed by atoms with van der Waals surface area (Å²) in [5.41, 5.74) is -1.01. The lowest BCUT2D eigenvalue weighted by molar-refractivity contribution is -0.154. The van der Waals surface area contributed by atoms with Gasteiger partial charge in [-0.15, -0.1) is 0 Å². The fraction of sp³-hybridized carbons (Fsp3) is 0.857. The molecule has 0 aliphatic carbocycles. The number of unbranched alkanes of at least 4 members (excludes halogenated alkanes) is 3.